The summed E-state index contributed by atoms with van der Waals surface area (Å²) in [5.41, 5.74) is 0.653. The van der Waals surface area contributed by atoms with Gasteiger partial charge >= 0.3 is 6.18 Å². The van der Waals surface area contributed by atoms with Gasteiger partial charge in [-0.05, 0) is 22.6 Å². The van der Waals surface area contributed by atoms with E-state index in [1.165, 1.54) is 31.2 Å². The van der Waals surface area contributed by atoms with E-state index in [0.29, 0.717) is 5.56 Å². The molecule has 0 amide bonds. The molecule has 0 aliphatic rings. The lowest BCUT2D eigenvalue weighted by Gasteiger charge is -2.09. The molecule has 0 radical (unpaired) electrons. The van der Waals surface area contributed by atoms with E-state index in [2.05, 4.69) is 4.94 Å². The highest BCUT2D eigenvalue weighted by atomic mass is 19.4. The number of hydrogen-bond donors (Lipinski definition) is 0. The summed E-state index contributed by atoms with van der Waals surface area (Å²) in [6.45, 7) is 1.47. The normalized spacial score (nSPS) is 13.9. The number of alkyl halides is 3. The van der Waals surface area contributed by atoms with Crippen LogP contribution in [0.1, 0.15) is 24.2 Å². The molecule has 1 aromatic carbocycles. The molecule has 0 bridgehead atoms. The van der Waals surface area contributed by atoms with Crippen LogP contribution in [0.2, 0.25) is 0 Å². The van der Waals surface area contributed by atoms with Crippen molar-refractivity contribution in [2.75, 3.05) is 0 Å². The van der Waals surface area contributed by atoms with E-state index in [4.69, 9.17) is 0 Å². The highest BCUT2D eigenvalue weighted by Gasteiger charge is 2.27. The smallest absolute Gasteiger partial charge is 0.186 e. The van der Waals surface area contributed by atoms with Crippen molar-refractivity contribution < 1.29 is 22.6 Å². The topological polar surface area (TPSA) is 9.23 Å². The van der Waals surface area contributed by atoms with Crippen LogP contribution in [0, 0.1) is 0 Å². The molecular formula is C10H10F4O. The van der Waals surface area contributed by atoms with Crippen molar-refractivity contribution in [1.29, 1.82) is 0 Å². The molecule has 1 unspecified atom stereocenters. The molecule has 1 aromatic rings. The Morgan fingerprint density at radius 1 is 1.20 bits per heavy atom. The summed E-state index contributed by atoms with van der Waals surface area (Å²) in [5, 5.41) is 0. The van der Waals surface area contributed by atoms with Crippen LogP contribution in [0.3, 0.4) is 0 Å². The van der Waals surface area contributed by atoms with Crippen LogP contribution in [0.15, 0.2) is 24.3 Å². The fourth-order valence-electron chi connectivity index (χ4n) is 1.19. The third-order valence-electron chi connectivity index (χ3n) is 1.99. The molecule has 0 saturated heterocycles. The van der Waals surface area contributed by atoms with Gasteiger partial charge in [-0.3, -0.25) is 0 Å². The van der Waals surface area contributed by atoms with Crippen molar-refractivity contribution >= 4 is 0 Å². The highest BCUT2D eigenvalue weighted by Crippen LogP contribution is 2.23. The first kappa shape index (κ1) is 12.0. The molecule has 1 rings (SSSR count). The molecule has 1 nitrogen and oxygen atoms in total. The summed E-state index contributed by atoms with van der Waals surface area (Å²) in [7, 11) is 0. The first-order valence-corrected chi connectivity index (χ1v) is 4.35. The van der Waals surface area contributed by atoms with E-state index >= 15 is 0 Å². The predicted octanol–water partition coefficient (Wildman–Crippen LogP) is 3.75. The molecule has 0 aliphatic carbocycles. The zero-order chi connectivity index (χ0) is 11.5. The first-order valence-electron chi connectivity index (χ1n) is 4.35. The maximum absolute atomic E-state index is 12.0. The highest BCUT2D eigenvalue weighted by molar-refractivity contribution is 5.24. The van der Waals surface area contributed by atoms with Crippen molar-refractivity contribution in [3.63, 3.8) is 0 Å². The van der Waals surface area contributed by atoms with Crippen LogP contribution in [0.4, 0.5) is 17.7 Å². The van der Waals surface area contributed by atoms with Crippen LogP contribution in [-0.4, -0.2) is 6.18 Å². The largest absolute Gasteiger partial charge is 0.393 e. The van der Waals surface area contributed by atoms with Crippen LogP contribution < -0.4 is 0 Å². The second-order valence-electron chi connectivity index (χ2n) is 3.26. The summed E-state index contributed by atoms with van der Waals surface area (Å²) in [4.78, 5) is 3.55. The molecule has 0 N–H and O–H groups in total. The van der Waals surface area contributed by atoms with Gasteiger partial charge in [0.25, 0.3) is 0 Å². The van der Waals surface area contributed by atoms with Gasteiger partial charge in [0, 0.05) is 0 Å². The van der Waals surface area contributed by atoms with Crippen molar-refractivity contribution in [2.45, 2.75) is 25.6 Å². The second kappa shape index (κ2) is 4.61. The summed E-state index contributed by atoms with van der Waals surface area (Å²) in [6.07, 6.45) is -5.95. The monoisotopic (exact) mass is 222 g/mol. The van der Waals surface area contributed by atoms with Crippen molar-refractivity contribution in [2.24, 2.45) is 0 Å². The van der Waals surface area contributed by atoms with E-state index in [-0.39, 0.29) is 5.56 Å². The fourth-order valence-corrected chi connectivity index (χ4v) is 1.19. The van der Waals surface area contributed by atoms with Gasteiger partial charge in [-0.1, -0.05) is 24.3 Å². The molecule has 0 aliphatic heterocycles. The minimum absolute atomic E-state index is 0.150. The average molecular weight is 222 g/mol. The van der Waals surface area contributed by atoms with E-state index < -0.39 is 18.7 Å². The summed E-state index contributed by atoms with van der Waals surface area (Å²) < 4.78 is 47.7. The Balaban J connectivity index is 2.72. The average Bonchev–Trinajstić information content (AvgIpc) is 2.15. The summed E-state index contributed by atoms with van der Waals surface area (Å²) in [5.74, 6) is 0. The fraction of sp³-hybridized carbons (Fsp3) is 0.400. The predicted molar refractivity (Wildman–Crippen MR) is 46.8 cm³/mol. The third-order valence-corrected chi connectivity index (χ3v) is 1.99. The van der Waals surface area contributed by atoms with Gasteiger partial charge in [-0.2, -0.15) is 18.1 Å². The molecule has 0 saturated carbocycles. The Labute approximate surface area is 84.6 Å². The van der Waals surface area contributed by atoms with E-state index in [9.17, 15) is 17.7 Å². The second-order valence-corrected chi connectivity index (χ2v) is 3.26. The van der Waals surface area contributed by atoms with E-state index in [1.807, 2.05) is 0 Å². The Kier molecular flexibility index (Phi) is 3.68. The zero-order valence-electron chi connectivity index (χ0n) is 8.01. The molecule has 0 aromatic heterocycles. The van der Waals surface area contributed by atoms with Crippen molar-refractivity contribution in [3.05, 3.63) is 35.4 Å². The molecule has 1 atom stereocenters. The maximum atomic E-state index is 12.0. The van der Waals surface area contributed by atoms with Gasteiger partial charge in [-0.25, -0.2) is 0 Å². The molecular weight excluding hydrogens is 212 g/mol. The number of benzene rings is 1. The van der Waals surface area contributed by atoms with Crippen LogP contribution in [-0.2, 0) is 11.4 Å². The Bertz CT molecular complexity index is 304. The van der Waals surface area contributed by atoms with Gasteiger partial charge in [0.15, 0.2) is 0 Å². The van der Waals surface area contributed by atoms with Crippen LogP contribution in [0.25, 0.3) is 0 Å². The minimum Gasteiger partial charge on any atom is -0.186 e. The molecule has 0 spiro atoms. The van der Waals surface area contributed by atoms with Crippen LogP contribution >= 0.6 is 0 Å². The summed E-state index contributed by atoms with van der Waals surface area (Å²) in [6, 6.07) is 5.48. The molecule has 0 fully saturated rings. The van der Waals surface area contributed by atoms with Crippen molar-refractivity contribution in [1.82, 2.24) is 0 Å². The van der Waals surface area contributed by atoms with E-state index in [0.717, 1.165) is 0 Å². The maximum Gasteiger partial charge on any atom is 0.393 e. The quantitative estimate of drug-likeness (QED) is 0.707. The summed E-state index contributed by atoms with van der Waals surface area (Å²) >= 11 is 0. The minimum atomic E-state index is -4.22. The van der Waals surface area contributed by atoms with Gasteiger partial charge in [0.1, 0.15) is 6.10 Å². The lowest BCUT2D eigenvalue weighted by Crippen LogP contribution is -2.11. The lowest BCUT2D eigenvalue weighted by molar-refractivity contribution is -0.175. The number of hydrogen-bond acceptors (Lipinski definition) is 1. The van der Waals surface area contributed by atoms with Gasteiger partial charge in [0.05, 0.1) is 6.42 Å². The van der Waals surface area contributed by atoms with Gasteiger partial charge in [0.2, 0.25) is 0 Å². The zero-order valence-corrected chi connectivity index (χ0v) is 8.01. The molecule has 5 heteroatoms. The van der Waals surface area contributed by atoms with Crippen molar-refractivity contribution in [3.8, 4) is 0 Å². The first-order chi connectivity index (χ1) is 6.92. The third kappa shape index (κ3) is 3.87. The Morgan fingerprint density at radius 3 is 2.13 bits per heavy atom. The molecule has 0 heterocycles. The van der Waals surface area contributed by atoms with E-state index in [1.54, 1.807) is 0 Å². The lowest BCUT2D eigenvalue weighted by atomic mass is 10.1. The molecule has 15 heavy (non-hydrogen) atoms. The SMILES string of the molecule is CC(OF)c1ccc(CC(F)(F)F)cc1. The molecule has 84 valence electrons. The number of rotatable bonds is 3. The van der Waals surface area contributed by atoms with Crippen LogP contribution in [0.5, 0.6) is 0 Å². The standard InChI is InChI=1S/C10H10F4O/c1-7(15-14)9-4-2-8(3-5-9)6-10(11,12)13/h2-5,7H,6H2,1H3. The van der Waals surface area contributed by atoms with Gasteiger partial charge in [-0.15, -0.1) is 0 Å². The van der Waals surface area contributed by atoms with Gasteiger partial charge < -0.3 is 0 Å². The Morgan fingerprint density at radius 2 is 1.73 bits per heavy atom. The Hall–Kier alpha value is -1.10. The number of halogens is 4.